The number of ether oxygens (including phenoxy) is 3. The topological polar surface area (TPSA) is 56.8 Å². The molecule has 1 amide bonds. The molecule has 0 fully saturated rings. The third-order valence-corrected chi connectivity index (χ3v) is 4.07. The van der Waals surface area contributed by atoms with Crippen molar-refractivity contribution >= 4 is 29.1 Å². The van der Waals surface area contributed by atoms with E-state index in [4.69, 9.17) is 37.4 Å². The van der Waals surface area contributed by atoms with E-state index in [1.165, 1.54) is 0 Å². The molecule has 2 aromatic rings. The SMILES string of the molecule is COc1ccc([C@H](C)NC(=O)COc2ccc(Cl)cc2Cl)cc1OC. The van der Waals surface area contributed by atoms with E-state index in [2.05, 4.69) is 5.32 Å². The van der Waals surface area contributed by atoms with Gasteiger partial charge in [-0.2, -0.15) is 0 Å². The second-order valence-electron chi connectivity index (χ2n) is 5.27. The predicted molar refractivity (Wildman–Crippen MR) is 98.1 cm³/mol. The lowest BCUT2D eigenvalue weighted by atomic mass is 10.1. The molecule has 134 valence electrons. The number of rotatable bonds is 7. The molecule has 0 bridgehead atoms. The molecule has 0 spiro atoms. The van der Waals surface area contributed by atoms with E-state index in [0.29, 0.717) is 27.3 Å². The van der Waals surface area contributed by atoms with E-state index in [-0.39, 0.29) is 18.6 Å². The maximum Gasteiger partial charge on any atom is 0.258 e. The lowest BCUT2D eigenvalue weighted by Gasteiger charge is -2.17. The minimum atomic E-state index is -0.270. The van der Waals surface area contributed by atoms with Gasteiger partial charge in [-0.15, -0.1) is 0 Å². The summed E-state index contributed by atoms with van der Waals surface area (Å²) >= 11 is 11.8. The summed E-state index contributed by atoms with van der Waals surface area (Å²) in [5.41, 5.74) is 0.885. The third kappa shape index (κ3) is 5.18. The van der Waals surface area contributed by atoms with Crippen LogP contribution >= 0.6 is 23.2 Å². The van der Waals surface area contributed by atoms with Crippen LogP contribution in [0.15, 0.2) is 36.4 Å². The molecule has 0 aliphatic carbocycles. The van der Waals surface area contributed by atoms with Crippen LogP contribution in [0.2, 0.25) is 10.0 Å². The summed E-state index contributed by atoms with van der Waals surface area (Å²) in [5.74, 6) is 1.36. The average Bonchev–Trinajstić information content (AvgIpc) is 2.60. The molecule has 0 saturated carbocycles. The first-order valence-corrected chi connectivity index (χ1v) is 8.29. The molecule has 0 unspecified atom stereocenters. The highest BCUT2D eigenvalue weighted by atomic mass is 35.5. The lowest BCUT2D eigenvalue weighted by molar-refractivity contribution is -0.123. The van der Waals surface area contributed by atoms with E-state index in [1.54, 1.807) is 38.5 Å². The smallest absolute Gasteiger partial charge is 0.258 e. The van der Waals surface area contributed by atoms with E-state index in [1.807, 2.05) is 19.1 Å². The molecule has 0 aliphatic heterocycles. The first-order valence-electron chi connectivity index (χ1n) is 7.53. The Morgan fingerprint density at radius 3 is 2.36 bits per heavy atom. The summed E-state index contributed by atoms with van der Waals surface area (Å²) in [5, 5.41) is 3.72. The summed E-state index contributed by atoms with van der Waals surface area (Å²) < 4.78 is 15.9. The summed E-state index contributed by atoms with van der Waals surface area (Å²) in [7, 11) is 3.14. The zero-order valence-electron chi connectivity index (χ0n) is 14.1. The van der Waals surface area contributed by atoms with E-state index in [9.17, 15) is 4.79 Å². The van der Waals surface area contributed by atoms with Gasteiger partial charge in [0.15, 0.2) is 18.1 Å². The van der Waals surface area contributed by atoms with Crippen LogP contribution in [0.25, 0.3) is 0 Å². The molecule has 2 aromatic carbocycles. The maximum atomic E-state index is 12.1. The largest absolute Gasteiger partial charge is 0.493 e. The van der Waals surface area contributed by atoms with Gasteiger partial charge in [0.2, 0.25) is 0 Å². The van der Waals surface area contributed by atoms with Crippen LogP contribution in [0.3, 0.4) is 0 Å². The van der Waals surface area contributed by atoms with Gasteiger partial charge in [-0.05, 0) is 42.8 Å². The van der Waals surface area contributed by atoms with Crippen molar-refractivity contribution in [3.63, 3.8) is 0 Å². The van der Waals surface area contributed by atoms with Gasteiger partial charge in [-0.1, -0.05) is 29.3 Å². The Morgan fingerprint density at radius 1 is 1.04 bits per heavy atom. The molecule has 0 aliphatic rings. The average molecular weight is 384 g/mol. The van der Waals surface area contributed by atoms with Crippen LogP contribution in [0, 0.1) is 0 Å². The molecule has 7 heteroatoms. The fraction of sp³-hybridized carbons (Fsp3) is 0.278. The molecule has 1 N–H and O–H groups in total. The summed E-state index contributed by atoms with van der Waals surface area (Å²) in [6, 6.07) is 10.1. The molecule has 25 heavy (non-hydrogen) atoms. The first kappa shape index (κ1) is 19.2. The Morgan fingerprint density at radius 2 is 1.72 bits per heavy atom. The Bertz CT molecular complexity index is 752. The third-order valence-electron chi connectivity index (χ3n) is 3.54. The quantitative estimate of drug-likeness (QED) is 0.775. The zero-order chi connectivity index (χ0) is 18.4. The Kier molecular flexibility index (Phi) is 6.79. The first-order chi connectivity index (χ1) is 11.9. The van der Waals surface area contributed by atoms with Gasteiger partial charge in [0.1, 0.15) is 5.75 Å². The van der Waals surface area contributed by atoms with Gasteiger partial charge in [-0.25, -0.2) is 0 Å². The number of carbonyl (C=O) groups excluding carboxylic acids is 1. The minimum Gasteiger partial charge on any atom is -0.493 e. The highest BCUT2D eigenvalue weighted by molar-refractivity contribution is 6.35. The number of nitrogens with one attached hydrogen (secondary N) is 1. The number of hydrogen-bond acceptors (Lipinski definition) is 4. The number of hydrogen-bond donors (Lipinski definition) is 1. The van der Waals surface area contributed by atoms with Crippen LogP contribution in [0.4, 0.5) is 0 Å². The van der Waals surface area contributed by atoms with E-state index in [0.717, 1.165) is 5.56 Å². The van der Waals surface area contributed by atoms with Gasteiger partial charge in [0.25, 0.3) is 5.91 Å². The van der Waals surface area contributed by atoms with Crippen molar-refractivity contribution in [2.24, 2.45) is 0 Å². The highest BCUT2D eigenvalue weighted by Gasteiger charge is 2.13. The van der Waals surface area contributed by atoms with Crippen LogP contribution in [0.5, 0.6) is 17.2 Å². The monoisotopic (exact) mass is 383 g/mol. The number of amides is 1. The van der Waals surface area contributed by atoms with Gasteiger partial charge in [0, 0.05) is 5.02 Å². The Balaban J connectivity index is 1.95. The van der Waals surface area contributed by atoms with Crippen molar-refractivity contribution in [3.05, 3.63) is 52.0 Å². The minimum absolute atomic E-state index is 0.154. The zero-order valence-corrected chi connectivity index (χ0v) is 15.6. The predicted octanol–water partition coefficient (Wildman–Crippen LogP) is 4.27. The van der Waals surface area contributed by atoms with Crippen LogP contribution < -0.4 is 19.5 Å². The normalized spacial score (nSPS) is 11.6. The summed E-state index contributed by atoms with van der Waals surface area (Å²) in [6.45, 7) is 1.72. The number of carbonyl (C=O) groups is 1. The maximum absolute atomic E-state index is 12.1. The highest BCUT2D eigenvalue weighted by Crippen LogP contribution is 2.30. The van der Waals surface area contributed by atoms with Crippen molar-refractivity contribution in [2.75, 3.05) is 20.8 Å². The second-order valence-corrected chi connectivity index (χ2v) is 6.11. The number of halogens is 2. The molecule has 1 atom stereocenters. The van der Waals surface area contributed by atoms with E-state index >= 15 is 0 Å². The van der Waals surface area contributed by atoms with Crippen LogP contribution in [-0.2, 0) is 4.79 Å². The number of methoxy groups -OCH3 is 2. The molecule has 0 radical (unpaired) electrons. The molecule has 2 rings (SSSR count). The molecule has 0 aromatic heterocycles. The van der Waals surface area contributed by atoms with Gasteiger partial charge in [0.05, 0.1) is 25.3 Å². The Labute approximate surface area is 156 Å². The van der Waals surface area contributed by atoms with Crippen molar-refractivity contribution in [1.82, 2.24) is 5.32 Å². The molecule has 0 saturated heterocycles. The molecule has 0 heterocycles. The second kappa shape index (κ2) is 8.83. The van der Waals surface area contributed by atoms with Crippen LogP contribution in [-0.4, -0.2) is 26.7 Å². The summed E-state index contributed by atoms with van der Waals surface area (Å²) in [4.78, 5) is 12.1. The molecule has 5 nitrogen and oxygen atoms in total. The van der Waals surface area contributed by atoms with Gasteiger partial charge >= 0.3 is 0 Å². The van der Waals surface area contributed by atoms with Crippen molar-refractivity contribution in [1.29, 1.82) is 0 Å². The lowest BCUT2D eigenvalue weighted by Crippen LogP contribution is -2.31. The molecular formula is C18H19Cl2NO4. The summed E-state index contributed by atoms with van der Waals surface area (Å²) in [6.07, 6.45) is 0. The van der Waals surface area contributed by atoms with E-state index < -0.39 is 0 Å². The number of benzene rings is 2. The van der Waals surface area contributed by atoms with Crippen molar-refractivity contribution in [3.8, 4) is 17.2 Å². The fourth-order valence-electron chi connectivity index (χ4n) is 2.22. The van der Waals surface area contributed by atoms with Crippen molar-refractivity contribution in [2.45, 2.75) is 13.0 Å². The van der Waals surface area contributed by atoms with Gasteiger partial charge in [-0.3, -0.25) is 4.79 Å². The van der Waals surface area contributed by atoms with Gasteiger partial charge < -0.3 is 19.5 Å². The molecular weight excluding hydrogens is 365 g/mol. The fourth-order valence-corrected chi connectivity index (χ4v) is 2.69. The van der Waals surface area contributed by atoms with Crippen molar-refractivity contribution < 1.29 is 19.0 Å². The standard InChI is InChI=1S/C18H19Cl2NO4/c1-11(12-4-6-16(23-2)17(8-12)24-3)21-18(22)10-25-15-7-5-13(19)9-14(15)20/h4-9,11H,10H2,1-3H3,(H,21,22)/t11-/m0/s1. The van der Waals surface area contributed by atoms with Crippen LogP contribution in [0.1, 0.15) is 18.5 Å². The Hall–Kier alpha value is -2.11.